The molecule has 1 unspecified atom stereocenters. The highest BCUT2D eigenvalue weighted by Gasteiger charge is 2.25. The predicted octanol–water partition coefficient (Wildman–Crippen LogP) is 1.31. The van der Waals surface area contributed by atoms with Gasteiger partial charge < -0.3 is 0 Å². The van der Waals surface area contributed by atoms with Crippen molar-refractivity contribution in [2.75, 3.05) is 0 Å². The third-order valence-electron chi connectivity index (χ3n) is 4.93. The van der Waals surface area contributed by atoms with E-state index in [4.69, 9.17) is 0 Å². The van der Waals surface area contributed by atoms with Crippen LogP contribution < -0.4 is 10.4 Å². The number of halogens is 1. The zero-order valence-electron chi connectivity index (χ0n) is 15.5. The molecule has 29 heavy (non-hydrogen) atoms. The molecule has 0 bridgehead atoms. The molecule has 0 saturated carbocycles. The zero-order valence-corrected chi connectivity index (χ0v) is 16.3. The second-order valence-electron chi connectivity index (χ2n) is 6.97. The van der Waals surface area contributed by atoms with E-state index < -0.39 is 10.0 Å². The number of nitrogens with zero attached hydrogens (tertiary/aromatic N) is 4. The molecule has 0 aliphatic carbocycles. The van der Waals surface area contributed by atoms with Gasteiger partial charge in [-0.15, -0.1) is 0 Å². The molecule has 3 heterocycles. The molecule has 8 nitrogen and oxygen atoms in total. The number of nitrogens with one attached hydrogen (secondary N) is 1. The van der Waals surface area contributed by atoms with Gasteiger partial charge in [-0.3, -0.25) is 9.55 Å². The van der Waals surface area contributed by atoms with Crippen LogP contribution in [0.15, 0.2) is 58.5 Å². The molecule has 1 atom stereocenters. The lowest BCUT2D eigenvalue weighted by Gasteiger charge is -2.16. The molecule has 0 saturated heterocycles. The number of rotatable bonds is 5. The minimum atomic E-state index is -3.67. The van der Waals surface area contributed by atoms with Crippen molar-refractivity contribution in [3.63, 3.8) is 0 Å². The maximum Gasteiger partial charge on any atom is 0.346 e. The molecule has 152 valence electrons. The number of aryl methyl sites for hydroxylation is 1. The lowest BCUT2D eigenvalue weighted by molar-refractivity contribution is 0.487. The lowest BCUT2D eigenvalue weighted by atomic mass is 10.1. The average Bonchev–Trinajstić information content (AvgIpc) is 2.87. The Kier molecular flexibility index (Phi) is 5.29. The first-order valence-corrected chi connectivity index (χ1v) is 10.7. The molecule has 0 radical (unpaired) electrons. The highest BCUT2D eigenvalue weighted by atomic mass is 32.2. The quantitative estimate of drug-likeness (QED) is 0.675. The summed E-state index contributed by atoms with van der Waals surface area (Å²) in [6.45, 7) is 0.633. The third kappa shape index (κ3) is 4.28. The van der Waals surface area contributed by atoms with Crippen LogP contribution in [0.4, 0.5) is 4.39 Å². The average molecular weight is 417 g/mol. The van der Waals surface area contributed by atoms with Crippen molar-refractivity contribution in [3.8, 4) is 0 Å². The summed E-state index contributed by atoms with van der Waals surface area (Å²) in [6, 6.07) is 8.70. The number of fused-ring (bicyclic) bond motifs is 1. The van der Waals surface area contributed by atoms with E-state index >= 15 is 0 Å². The minimum Gasteiger partial charge on any atom is -0.279 e. The molecule has 1 aliphatic rings. The fourth-order valence-electron chi connectivity index (χ4n) is 3.41. The predicted molar refractivity (Wildman–Crippen MR) is 103 cm³/mol. The maximum absolute atomic E-state index is 13.1. The van der Waals surface area contributed by atoms with Crippen molar-refractivity contribution in [2.45, 2.75) is 43.3 Å². The van der Waals surface area contributed by atoms with E-state index in [1.54, 1.807) is 22.8 Å². The first-order valence-electron chi connectivity index (χ1n) is 9.26. The van der Waals surface area contributed by atoms with Crippen LogP contribution >= 0.6 is 0 Å². The summed E-state index contributed by atoms with van der Waals surface area (Å²) < 4.78 is 43.7. The van der Waals surface area contributed by atoms with Crippen molar-refractivity contribution in [1.29, 1.82) is 0 Å². The summed E-state index contributed by atoms with van der Waals surface area (Å²) in [6.07, 6.45) is 4.31. The second kappa shape index (κ2) is 7.88. The van der Waals surface area contributed by atoms with E-state index in [0.29, 0.717) is 31.6 Å². The van der Waals surface area contributed by atoms with Gasteiger partial charge in [0.05, 0.1) is 6.54 Å². The van der Waals surface area contributed by atoms with Crippen LogP contribution in [0.1, 0.15) is 24.2 Å². The maximum atomic E-state index is 13.1. The Hall–Kier alpha value is -2.85. The fraction of sp³-hybridized carbons (Fsp3) is 0.316. The lowest BCUT2D eigenvalue weighted by Crippen LogP contribution is -2.35. The molecule has 1 aliphatic heterocycles. The summed E-state index contributed by atoms with van der Waals surface area (Å²) >= 11 is 0. The van der Waals surface area contributed by atoms with E-state index in [-0.39, 0.29) is 29.0 Å². The van der Waals surface area contributed by atoms with Gasteiger partial charge in [-0.05, 0) is 42.7 Å². The molecular formula is C19H20FN5O3S. The van der Waals surface area contributed by atoms with E-state index in [0.717, 1.165) is 5.56 Å². The van der Waals surface area contributed by atoms with Gasteiger partial charge >= 0.3 is 5.69 Å². The Morgan fingerprint density at radius 2 is 1.97 bits per heavy atom. The van der Waals surface area contributed by atoms with Crippen molar-refractivity contribution in [3.05, 3.63) is 76.5 Å². The van der Waals surface area contributed by atoms with Gasteiger partial charge in [0.1, 0.15) is 16.5 Å². The summed E-state index contributed by atoms with van der Waals surface area (Å²) in [7, 11) is -3.67. The first kappa shape index (κ1) is 19.5. The summed E-state index contributed by atoms with van der Waals surface area (Å²) in [4.78, 5) is 16.7. The standard InChI is InChI=1S/C19H20FN5O3S/c20-15-5-3-14(4-6-15)13-25-19(26)24-11-9-16(7-8-18(24)22-25)23-29(27,28)17-2-1-10-21-12-17/h1-6,10,12,16,23H,7-9,11,13H2. The van der Waals surface area contributed by atoms with Crippen molar-refractivity contribution in [2.24, 2.45) is 0 Å². The Bertz CT molecular complexity index is 1160. The Labute approximate surface area is 167 Å². The molecule has 0 spiro atoms. The number of aromatic nitrogens is 4. The smallest absolute Gasteiger partial charge is 0.279 e. The van der Waals surface area contributed by atoms with E-state index in [1.807, 2.05) is 0 Å². The number of pyridine rings is 1. The first-order chi connectivity index (χ1) is 13.9. The zero-order chi connectivity index (χ0) is 20.4. The van der Waals surface area contributed by atoms with Gasteiger partial charge in [0.25, 0.3) is 0 Å². The van der Waals surface area contributed by atoms with Gasteiger partial charge in [0.15, 0.2) is 0 Å². The van der Waals surface area contributed by atoms with E-state index in [9.17, 15) is 17.6 Å². The molecule has 10 heteroatoms. The highest BCUT2D eigenvalue weighted by Crippen LogP contribution is 2.15. The number of hydrogen-bond acceptors (Lipinski definition) is 5. The molecule has 1 aromatic carbocycles. The van der Waals surface area contributed by atoms with Crippen molar-refractivity contribution < 1.29 is 12.8 Å². The summed E-state index contributed by atoms with van der Waals surface area (Å²) in [5.41, 5.74) is 0.531. The largest absolute Gasteiger partial charge is 0.346 e. The Morgan fingerprint density at radius 3 is 2.69 bits per heavy atom. The van der Waals surface area contributed by atoms with Crippen molar-refractivity contribution >= 4 is 10.0 Å². The topological polar surface area (TPSA) is 98.9 Å². The van der Waals surface area contributed by atoms with Crippen molar-refractivity contribution in [1.82, 2.24) is 24.1 Å². The van der Waals surface area contributed by atoms with Crippen LogP contribution in [0.2, 0.25) is 0 Å². The number of sulfonamides is 1. The SMILES string of the molecule is O=c1n(Cc2ccc(F)cc2)nc2n1CCC(NS(=O)(=O)c1cccnc1)CC2. The summed E-state index contributed by atoms with van der Waals surface area (Å²) in [5.74, 6) is 0.293. The van der Waals surface area contributed by atoms with Crippen LogP contribution in [0.5, 0.6) is 0 Å². The number of benzene rings is 1. The molecule has 2 aromatic heterocycles. The fourth-order valence-corrected chi connectivity index (χ4v) is 4.67. The molecular weight excluding hydrogens is 397 g/mol. The third-order valence-corrected chi connectivity index (χ3v) is 6.43. The van der Waals surface area contributed by atoms with E-state index in [1.165, 1.54) is 35.3 Å². The monoisotopic (exact) mass is 417 g/mol. The van der Waals surface area contributed by atoms with Gasteiger partial charge in [0, 0.05) is 31.4 Å². The van der Waals surface area contributed by atoms with Gasteiger partial charge in [-0.1, -0.05) is 12.1 Å². The van der Waals surface area contributed by atoms with Gasteiger partial charge in [-0.25, -0.2) is 27.0 Å². The molecule has 1 N–H and O–H groups in total. The van der Waals surface area contributed by atoms with Crippen LogP contribution in [-0.2, 0) is 29.5 Å². The normalized spacial score (nSPS) is 16.9. The summed E-state index contributed by atoms with van der Waals surface area (Å²) in [5, 5.41) is 4.40. The Balaban J connectivity index is 1.46. The molecule has 4 rings (SSSR count). The van der Waals surface area contributed by atoms with Crippen LogP contribution in [-0.4, -0.2) is 33.8 Å². The highest BCUT2D eigenvalue weighted by molar-refractivity contribution is 7.89. The minimum absolute atomic E-state index is 0.114. The van der Waals surface area contributed by atoms with Crippen LogP contribution in [0, 0.1) is 5.82 Å². The van der Waals surface area contributed by atoms with Crippen LogP contribution in [0.25, 0.3) is 0 Å². The molecule has 0 amide bonds. The Morgan fingerprint density at radius 1 is 1.17 bits per heavy atom. The van der Waals surface area contributed by atoms with E-state index in [2.05, 4.69) is 14.8 Å². The molecule has 3 aromatic rings. The van der Waals surface area contributed by atoms with Crippen LogP contribution in [0.3, 0.4) is 0 Å². The van der Waals surface area contributed by atoms with Gasteiger partial charge in [-0.2, -0.15) is 5.10 Å². The van der Waals surface area contributed by atoms with Gasteiger partial charge in [0.2, 0.25) is 10.0 Å². The molecule has 0 fully saturated rings. The number of hydrogen-bond donors (Lipinski definition) is 1. The second-order valence-corrected chi connectivity index (χ2v) is 8.68.